The Morgan fingerprint density at radius 1 is 1.19 bits per heavy atom. The molecule has 27 heavy (non-hydrogen) atoms. The molecule has 1 fully saturated rings. The lowest BCUT2D eigenvalue weighted by Gasteiger charge is -2.32. The highest BCUT2D eigenvalue weighted by molar-refractivity contribution is 5.36. The van der Waals surface area contributed by atoms with Crippen LogP contribution in [0, 0.1) is 5.82 Å². The molecular weight excluding hydrogens is 345 g/mol. The highest BCUT2D eigenvalue weighted by atomic mass is 19.1. The Hall–Kier alpha value is -2.51. The van der Waals surface area contributed by atoms with E-state index in [1.807, 2.05) is 39.8 Å². The third kappa shape index (κ3) is 3.79. The van der Waals surface area contributed by atoms with Crippen molar-refractivity contribution in [3.05, 3.63) is 66.0 Å². The average molecular weight is 369 g/mol. The molecule has 1 atom stereocenters. The molecule has 2 aromatic heterocycles. The lowest BCUT2D eigenvalue weighted by atomic mass is 10.1. The summed E-state index contributed by atoms with van der Waals surface area (Å²) in [5.41, 5.74) is 2.27. The van der Waals surface area contributed by atoms with Gasteiger partial charge < -0.3 is 9.67 Å². The summed E-state index contributed by atoms with van der Waals surface area (Å²) in [7, 11) is 0. The molecule has 0 radical (unpaired) electrons. The molecule has 0 unspecified atom stereocenters. The molecule has 0 amide bonds. The molecule has 7 heteroatoms. The number of rotatable bonds is 5. The molecule has 6 nitrogen and oxygen atoms in total. The first-order valence-corrected chi connectivity index (χ1v) is 9.35. The maximum Gasteiger partial charge on any atom is 0.147 e. The second-order valence-corrected chi connectivity index (χ2v) is 7.13. The number of hydrogen-bond acceptors (Lipinski definition) is 4. The second kappa shape index (κ2) is 7.62. The number of halogens is 1. The van der Waals surface area contributed by atoms with Crippen molar-refractivity contribution in [3.63, 3.8) is 0 Å². The van der Waals surface area contributed by atoms with Crippen LogP contribution in [0.25, 0.3) is 5.69 Å². The fourth-order valence-corrected chi connectivity index (χ4v) is 3.66. The van der Waals surface area contributed by atoms with Gasteiger partial charge in [-0.3, -0.25) is 4.90 Å². The number of likely N-dealkylation sites (tertiary alicyclic amines) is 1. The standard InChI is InChI=1S/C20H24FN5O/c1-15(27)19-14-26(23-22-19)16-8-11-24(12-9-16)13-17-5-4-10-25(17)20-7-3-2-6-18(20)21/h2-7,10,14-16,27H,8-9,11-13H2,1H3/t15-/m1/s1. The molecule has 142 valence electrons. The molecule has 0 spiro atoms. The molecule has 0 saturated carbocycles. The van der Waals surface area contributed by atoms with Crippen LogP contribution < -0.4 is 0 Å². The Morgan fingerprint density at radius 2 is 1.96 bits per heavy atom. The molecule has 1 N–H and O–H groups in total. The van der Waals surface area contributed by atoms with Crippen LogP contribution in [0.15, 0.2) is 48.8 Å². The zero-order chi connectivity index (χ0) is 18.8. The summed E-state index contributed by atoms with van der Waals surface area (Å²) >= 11 is 0. The van der Waals surface area contributed by atoms with Gasteiger partial charge in [0.05, 0.1) is 24.0 Å². The minimum Gasteiger partial charge on any atom is -0.387 e. The quantitative estimate of drug-likeness (QED) is 0.751. The highest BCUT2D eigenvalue weighted by Gasteiger charge is 2.23. The first-order valence-electron chi connectivity index (χ1n) is 9.35. The van der Waals surface area contributed by atoms with Crippen molar-refractivity contribution >= 4 is 0 Å². The lowest BCUT2D eigenvalue weighted by Crippen LogP contribution is -2.34. The zero-order valence-electron chi connectivity index (χ0n) is 15.4. The van der Waals surface area contributed by atoms with Gasteiger partial charge in [0.15, 0.2) is 0 Å². The number of aliphatic hydroxyl groups excluding tert-OH is 1. The van der Waals surface area contributed by atoms with Gasteiger partial charge in [-0.05, 0) is 44.0 Å². The zero-order valence-corrected chi connectivity index (χ0v) is 15.4. The normalized spacial score (nSPS) is 17.3. The number of nitrogens with zero attached hydrogens (tertiary/aromatic N) is 5. The van der Waals surface area contributed by atoms with Gasteiger partial charge in [0, 0.05) is 31.5 Å². The fraction of sp³-hybridized carbons (Fsp3) is 0.400. The van der Waals surface area contributed by atoms with Crippen molar-refractivity contribution in [2.24, 2.45) is 0 Å². The van der Waals surface area contributed by atoms with Crippen LogP contribution in [0.4, 0.5) is 4.39 Å². The van der Waals surface area contributed by atoms with Gasteiger partial charge in [-0.25, -0.2) is 9.07 Å². The van der Waals surface area contributed by atoms with Gasteiger partial charge in [-0.2, -0.15) is 0 Å². The Morgan fingerprint density at radius 3 is 2.67 bits per heavy atom. The number of piperidine rings is 1. The van der Waals surface area contributed by atoms with Crippen LogP contribution >= 0.6 is 0 Å². The molecule has 1 saturated heterocycles. The maximum absolute atomic E-state index is 14.1. The Kier molecular flexibility index (Phi) is 5.05. The Labute approximate surface area is 157 Å². The van der Waals surface area contributed by atoms with Gasteiger partial charge in [-0.15, -0.1) is 5.10 Å². The number of aromatic nitrogens is 4. The van der Waals surface area contributed by atoms with E-state index in [0.717, 1.165) is 38.2 Å². The highest BCUT2D eigenvalue weighted by Crippen LogP contribution is 2.25. The summed E-state index contributed by atoms with van der Waals surface area (Å²) in [6.07, 6.45) is 5.11. The predicted octanol–water partition coefficient (Wildman–Crippen LogP) is 3.10. The lowest BCUT2D eigenvalue weighted by molar-refractivity contribution is 0.169. The van der Waals surface area contributed by atoms with Gasteiger partial charge in [0.25, 0.3) is 0 Å². The summed E-state index contributed by atoms with van der Waals surface area (Å²) in [5.74, 6) is -0.214. The first-order chi connectivity index (χ1) is 13.1. The van der Waals surface area contributed by atoms with Crippen molar-refractivity contribution in [2.75, 3.05) is 13.1 Å². The largest absolute Gasteiger partial charge is 0.387 e. The predicted molar refractivity (Wildman–Crippen MR) is 99.9 cm³/mol. The summed E-state index contributed by atoms with van der Waals surface area (Å²) in [4.78, 5) is 2.38. The molecule has 0 aliphatic carbocycles. The number of para-hydroxylation sites is 1. The van der Waals surface area contributed by atoms with Gasteiger partial charge in [0.1, 0.15) is 11.5 Å². The van der Waals surface area contributed by atoms with Crippen molar-refractivity contribution in [3.8, 4) is 5.69 Å². The third-order valence-electron chi connectivity index (χ3n) is 5.22. The van der Waals surface area contributed by atoms with E-state index >= 15 is 0 Å². The monoisotopic (exact) mass is 369 g/mol. The number of benzene rings is 1. The summed E-state index contributed by atoms with van der Waals surface area (Å²) < 4.78 is 17.9. The van der Waals surface area contributed by atoms with E-state index < -0.39 is 6.10 Å². The summed E-state index contributed by atoms with van der Waals surface area (Å²) in [6.45, 7) is 4.36. The smallest absolute Gasteiger partial charge is 0.147 e. The van der Waals surface area contributed by atoms with E-state index in [0.29, 0.717) is 17.4 Å². The van der Waals surface area contributed by atoms with Crippen LogP contribution in [0.5, 0.6) is 0 Å². The third-order valence-corrected chi connectivity index (χ3v) is 5.22. The maximum atomic E-state index is 14.1. The second-order valence-electron chi connectivity index (χ2n) is 7.13. The van der Waals surface area contributed by atoms with E-state index in [4.69, 9.17) is 0 Å². The topological polar surface area (TPSA) is 59.1 Å². The average Bonchev–Trinajstić information content (AvgIpc) is 3.33. The van der Waals surface area contributed by atoms with Crippen molar-refractivity contribution < 1.29 is 9.50 Å². The minimum atomic E-state index is -0.593. The summed E-state index contributed by atoms with van der Waals surface area (Å²) in [6, 6.07) is 11.2. The van der Waals surface area contributed by atoms with Crippen LogP contribution in [0.2, 0.25) is 0 Å². The number of hydrogen-bond donors (Lipinski definition) is 1. The van der Waals surface area contributed by atoms with Crippen LogP contribution in [0.3, 0.4) is 0 Å². The number of aliphatic hydroxyl groups is 1. The molecule has 0 bridgehead atoms. The van der Waals surface area contributed by atoms with E-state index in [9.17, 15) is 9.50 Å². The van der Waals surface area contributed by atoms with Gasteiger partial charge in [-0.1, -0.05) is 17.3 Å². The van der Waals surface area contributed by atoms with Crippen molar-refractivity contribution in [2.45, 2.75) is 38.5 Å². The fourth-order valence-electron chi connectivity index (χ4n) is 3.66. The Bertz CT molecular complexity index is 895. The van der Waals surface area contributed by atoms with Crippen LogP contribution in [-0.2, 0) is 6.54 Å². The van der Waals surface area contributed by atoms with Crippen LogP contribution in [0.1, 0.15) is 43.3 Å². The molecule has 1 aliphatic rings. The van der Waals surface area contributed by atoms with E-state index in [1.165, 1.54) is 6.07 Å². The van der Waals surface area contributed by atoms with Gasteiger partial charge in [0.2, 0.25) is 0 Å². The minimum absolute atomic E-state index is 0.214. The first kappa shape index (κ1) is 17.9. The van der Waals surface area contributed by atoms with Crippen molar-refractivity contribution in [1.82, 2.24) is 24.5 Å². The van der Waals surface area contributed by atoms with E-state index in [-0.39, 0.29) is 5.82 Å². The molecule has 3 aromatic rings. The van der Waals surface area contributed by atoms with Gasteiger partial charge >= 0.3 is 0 Å². The molecule has 4 rings (SSSR count). The SMILES string of the molecule is C[C@@H](O)c1cn(C2CCN(Cc3cccn3-c3ccccc3F)CC2)nn1. The van der Waals surface area contributed by atoms with E-state index in [1.54, 1.807) is 19.1 Å². The molecule has 1 aromatic carbocycles. The summed E-state index contributed by atoms with van der Waals surface area (Å²) in [5, 5.41) is 17.8. The van der Waals surface area contributed by atoms with E-state index in [2.05, 4.69) is 15.2 Å². The molecule has 1 aliphatic heterocycles. The van der Waals surface area contributed by atoms with Crippen molar-refractivity contribution in [1.29, 1.82) is 0 Å². The van der Waals surface area contributed by atoms with Crippen LogP contribution in [-0.4, -0.2) is 42.7 Å². The molecular formula is C20H24FN5O. The Balaban J connectivity index is 1.40. The molecule has 3 heterocycles.